The molecule has 0 saturated carbocycles. The molecule has 118 valence electrons. The summed E-state index contributed by atoms with van der Waals surface area (Å²) in [7, 11) is 0. The minimum atomic E-state index is -0.186. The van der Waals surface area contributed by atoms with E-state index in [0.29, 0.717) is 21.3 Å². The highest BCUT2D eigenvalue weighted by Gasteiger charge is 2.42. The van der Waals surface area contributed by atoms with Crippen LogP contribution < -0.4 is 4.90 Å². The van der Waals surface area contributed by atoms with Crippen molar-refractivity contribution in [3.63, 3.8) is 0 Å². The van der Waals surface area contributed by atoms with E-state index in [1.54, 1.807) is 15.9 Å². The molecule has 0 spiro atoms. The Kier molecular flexibility index (Phi) is 4.12. The molecule has 2 amide bonds. The van der Waals surface area contributed by atoms with Crippen molar-refractivity contribution < 1.29 is 9.59 Å². The lowest BCUT2D eigenvalue weighted by Gasteiger charge is -2.18. The molecule has 23 heavy (non-hydrogen) atoms. The van der Waals surface area contributed by atoms with Crippen molar-refractivity contribution in [3.05, 3.63) is 47.4 Å². The average Bonchev–Trinajstić information content (AvgIpc) is 2.94. The number of carbonyl (C=O) groups is 2. The van der Waals surface area contributed by atoms with Crippen molar-refractivity contribution in [2.45, 2.75) is 19.9 Å². The summed E-state index contributed by atoms with van der Waals surface area (Å²) in [6.07, 6.45) is 1.68. The van der Waals surface area contributed by atoms with E-state index in [1.165, 1.54) is 11.8 Å². The van der Waals surface area contributed by atoms with Crippen molar-refractivity contribution in [2.75, 3.05) is 11.4 Å². The molecule has 1 aromatic rings. The first-order chi connectivity index (χ1) is 11.0. The summed E-state index contributed by atoms with van der Waals surface area (Å²) in [6.45, 7) is 7.93. The van der Waals surface area contributed by atoms with Crippen LogP contribution >= 0.6 is 24.0 Å². The van der Waals surface area contributed by atoms with Gasteiger partial charge in [-0.15, -0.1) is 6.58 Å². The summed E-state index contributed by atoms with van der Waals surface area (Å²) in [5, 5.41) is 0. The third-order valence-corrected chi connectivity index (χ3v) is 5.18. The number of thiocarbonyl (C=S) groups is 1. The lowest BCUT2D eigenvalue weighted by atomic mass is 10.1. The van der Waals surface area contributed by atoms with Gasteiger partial charge in [0.25, 0.3) is 11.8 Å². The number of thioether (sulfide) groups is 1. The van der Waals surface area contributed by atoms with Crippen molar-refractivity contribution >= 4 is 51.4 Å². The molecule has 2 aliphatic heterocycles. The summed E-state index contributed by atoms with van der Waals surface area (Å²) in [4.78, 5) is 29.2. The van der Waals surface area contributed by atoms with Gasteiger partial charge in [0.1, 0.15) is 4.32 Å². The van der Waals surface area contributed by atoms with Gasteiger partial charge in [-0.05, 0) is 19.9 Å². The van der Waals surface area contributed by atoms with Crippen molar-refractivity contribution in [1.29, 1.82) is 0 Å². The fourth-order valence-electron chi connectivity index (χ4n) is 2.79. The van der Waals surface area contributed by atoms with E-state index in [4.69, 9.17) is 12.2 Å². The molecular formula is C17H16N2O2S2. The molecule has 0 aromatic heterocycles. The Labute approximate surface area is 144 Å². The van der Waals surface area contributed by atoms with Gasteiger partial charge in [-0.2, -0.15) is 0 Å². The molecule has 0 radical (unpaired) electrons. The first kappa shape index (κ1) is 16.0. The van der Waals surface area contributed by atoms with Crippen LogP contribution in [0.2, 0.25) is 0 Å². The highest BCUT2D eigenvalue weighted by atomic mass is 32.2. The number of carbonyl (C=O) groups excluding carboxylic acids is 2. The van der Waals surface area contributed by atoms with Gasteiger partial charge >= 0.3 is 0 Å². The number of amides is 2. The van der Waals surface area contributed by atoms with Crippen LogP contribution in [0.1, 0.15) is 19.4 Å². The molecule has 0 bridgehead atoms. The molecule has 1 aromatic carbocycles. The predicted octanol–water partition coefficient (Wildman–Crippen LogP) is 3.20. The van der Waals surface area contributed by atoms with E-state index < -0.39 is 0 Å². The molecule has 6 heteroatoms. The van der Waals surface area contributed by atoms with Gasteiger partial charge in [-0.25, -0.2) is 0 Å². The van der Waals surface area contributed by atoms with Crippen LogP contribution in [-0.4, -0.2) is 33.6 Å². The van der Waals surface area contributed by atoms with Crippen molar-refractivity contribution in [3.8, 4) is 0 Å². The summed E-state index contributed by atoms with van der Waals surface area (Å²) in [5.41, 5.74) is 2.04. The zero-order valence-corrected chi connectivity index (χ0v) is 14.5. The monoisotopic (exact) mass is 344 g/mol. The fourth-order valence-corrected chi connectivity index (χ4v) is 4.38. The van der Waals surface area contributed by atoms with E-state index in [0.717, 1.165) is 11.3 Å². The average molecular weight is 344 g/mol. The Bertz CT molecular complexity index is 768. The van der Waals surface area contributed by atoms with Gasteiger partial charge in [0.2, 0.25) is 0 Å². The third kappa shape index (κ3) is 2.42. The van der Waals surface area contributed by atoms with Gasteiger partial charge < -0.3 is 4.90 Å². The summed E-state index contributed by atoms with van der Waals surface area (Å²) in [5.74, 6) is -0.357. The van der Waals surface area contributed by atoms with Gasteiger partial charge in [-0.1, -0.05) is 48.3 Å². The molecule has 2 heterocycles. The summed E-state index contributed by atoms with van der Waals surface area (Å²) >= 11 is 6.53. The minimum Gasteiger partial charge on any atom is -0.304 e. The number of benzene rings is 1. The third-order valence-electron chi connectivity index (χ3n) is 3.78. The van der Waals surface area contributed by atoms with Gasteiger partial charge in [0, 0.05) is 18.2 Å². The Morgan fingerprint density at radius 3 is 2.57 bits per heavy atom. The van der Waals surface area contributed by atoms with Crippen LogP contribution in [0.5, 0.6) is 0 Å². The van der Waals surface area contributed by atoms with Crippen LogP contribution in [0.25, 0.3) is 5.57 Å². The van der Waals surface area contributed by atoms with Gasteiger partial charge in [0.15, 0.2) is 0 Å². The highest BCUT2D eigenvalue weighted by molar-refractivity contribution is 8.26. The van der Waals surface area contributed by atoms with Crippen LogP contribution in [0.3, 0.4) is 0 Å². The van der Waals surface area contributed by atoms with E-state index in [1.807, 2.05) is 38.1 Å². The largest absolute Gasteiger partial charge is 0.304 e. The smallest absolute Gasteiger partial charge is 0.267 e. The number of fused-ring (bicyclic) bond motifs is 1. The lowest BCUT2D eigenvalue weighted by molar-refractivity contribution is -0.123. The number of para-hydroxylation sites is 1. The van der Waals surface area contributed by atoms with Crippen LogP contribution in [0, 0.1) is 0 Å². The quantitative estimate of drug-likeness (QED) is 0.480. The molecule has 3 rings (SSSR count). The molecule has 2 aliphatic rings. The van der Waals surface area contributed by atoms with E-state index in [9.17, 15) is 9.59 Å². The van der Waals surface area contributed by atoms with E-state index >= 15 is 0 Å². The SMILES string of the molecule is C=CCN1C(=O)/C(=C2\SC(=S)N(C(C)C)C2=O)c2ccccc21. The normalized spacial score (nSPS) is 20.7. The summed E-state index contributed by atoms with van der Waals surface area (Å²) < 4.78 is 0.500. The zero-order valence-electron chi connectivity index (χ0n) is 12.9. The summed E-state index contributed by atoms with van der Waals surface area (Å²) in [6, 6.07) is 7.47. The second kappa shape index (κ2) is 5.94. The molecule has 0 aliphatic carbocycles. The van der Waals surface area contributed by atoms with Crippen LogP contribution in [-0.2, 0) is 9.59 Å². The van der Waals surface area contributed by atoms with Crippen molar-refractivity contribution in [2.24, 2.45) is 0 Å². The number of nitrogens with zero attached hydrogens (tertiary/aromatic N) is 2. The van der Waals surface area contributed by atoms with Gasteiger partial charge in [0.05, 0.1) is 16.2 Å². The Morgan fingerprint density at radius 1 is 1.26 bits per heavy atom. The lowest BCUT2D eigenvalue weighted by Crippen LogP contribution is -2.35. The molecular weight excluding hydrogens is 328 g/mol. The first-order valence-electron chi connectivity index (χ1n) is 7.29. The van der Waals surface area contributed by atoms with Crippen molar-refractivity contribution in [1.82, 2.24) is 4.90 Å². The second-order valence-electron chi connectivity index (χ2n) is 5.56. The molecule has 0 unspecified atom stereocenters. The second-order valence-corrected chi connectivity index (χ2v) is 7.21. The maximum absolute atomic E-state index is 12.9. The zero-order chi connectivity index (χ0) is 16.7. The molecule has 0 N–H and O–H groups in total. The van der Waals surface area contributed by atoms with E-state index in [2.05, 4.69) is 6.58 Å². The number of rotatable bonds is 3. The maximum atomic E-state index is 12.9. The molecule has 0 atom stereocenters. The van der Waals surface area contributed by atoms with Crippen LogP contribution in [0.4, 0.5) is 5.69 Å². The molecule has 1 fully saturated rings. The Hall–Kier alpha value is -1.92. The first-order valence-corrected chi connectivity index (χ1v) is 8.51. The number of anilines is 1. The molecule has 1 saturated heterocycles. The highest BCUT2D eigenvalue weighted by Crippen LogP contribution is 2.44. The fraction of sp³-hybridized carbons (Fsp3) is 0.235. The minimum absolute atomic E-state index is 0.0309. The van der Waals surface area contributed by atoms with Crippen LogP contribution in [0.15, 0.2) is 41.8 Å². The van der Waals surface area contributed by atoms with E-state index in [-0.39, 0.29) is 17.9 Å². The number of hydrogen-bond acceptors (Lipinski definition) is 4. The Balaban J connectivity index is 2.17. The molecule has 4 nitrogen and oxygen atoms in total. The number of hydrogen-bond donors (Lipinski definition) is 0. The predicted molar refractivity (Wildman–Crippen MR) is 98.1 cm³/mol. The standard InChI is InChI=1S/C17H16N2O2S2/c1-4-9-18-12-8-6-5-7-11(12)13(15(18)20)14-16(21)19(10(2)3)17(22)23-14/h4-8,10H,1,9H2,2-3H3/b14-13-. The Morgan fingerprint density at radius 2 is 1.96 bits per heavy atom. The topological polar surface area (TPSA) is 40.6 Å². The maximum Gasteiger partial charge on any atom is 0.267 e. The van der Waals surface area contributed by atoms with Gasteiger partial charge in [-0.3, -0.25) is 14.5 Å².